The highest BCUT2D eigenvalue weighted by molar-refractivity contribution is 5.87. The second kappa shape index (κ2) is 6.66. The van der Waals surface area contributed by atoms with Gasteiger partial charge in [0, 0.05) is 6.04 Å². The monoisotopic (exact) mass is 335 g/mol. The van der Waals surface area contributed by atoms with Crippen molar-refractivity contribution in [2.75, 3.05) is 6.54 Å². The molecule has 0 saturated heterocycles. The van der Waals surface area contributed by atoms with Crippen LogP contribution in [0.5, 0.6) is 0 Å². The van der Waals surface area contributed by atoms with Gasteiger partial charge >= 0.3 is 0 Å². The number of carbonyl (C=O) groups excluding carboxylic acids is 2. The quantitative estimate of drug-likeness (QED) is 0.692. The standard InChI is InChI=1S/C19H33N3O2/c1-11(2)17(20)18(24)21-10-16(23)22-12(3)19-7-13-4-14(8-19)6-15(5-13)9-19/h11-15,17H,4-10,20H2,1-3H3,(H,21,24)(H,22,23)/t12?,13?,14?,15?,17-,19?/m0/s1. The predicted molar refractivity (Wildman–Crippen MR) is 94.0 cm³/mol. The maximum absolute atomic E-state index is 12.3. The van der Waals surface area contributed by atoms with Crippen LogP contribution in [0, 0.1) is 29.1 Å². The fourth-order valence-electron chi connectivity index (χ4n) is 5.74. The molecule has 5 nitrogen and oxygen atoms in total. The molecular weight excluding hydrogens is 302 g/mol. The summed E-state index contributed by atoms with van der Waals surface area (Å²) < 4.78 is 0. The number of nitrogens with two attached hydrogens (primary N) is 1. The van der Waals surface area contributed by atoms with Crippen LogP contribution in [0.4, 0.5) is 0 Å². The summed E-state index contributed by atoms with van der Waals surface area (Å²) in [5.41, 5.74) is 6.10. The van der Waals surface area contributed by atoms with Crippen LogP contribution >= 0.6 is 0 Å². The van der Waals surface area contributed by atoms with Crippen LogP contribution in [-0.4, -0.2) is 30.4 Å². The molecule has 1 unspecified atom stereocenters. The third kappa shape index (κ3) is 3.46. The van der Waals surface area contributed by atoms with Crippen LogP contribution in [0.15, 0.2) is 0 Å². The highest BCUT2D eigenvalue weighted by Gasteiger charge is 2.53. The number of nitrogens with one attached hydrogen (secondary N) is 2. The summed E-state index contributed by atoms with van der Waals surface area (Å²) in [6, 6.07) is -0.368. The smallest absolute Gasteiger partial charge is 0.239 e. The van der Waals surface area contributed by atoms with Crippen LogP contribution in [0.2, 0.25) is 0 Å². The lowest BCUT2D eigenvalue weighted by Crippen LogP contribution is -2.57. The molecule has 4 aliphatic rings. The average Bonchev–Trinajstić information content (AvgIpc) is 2.50. The van der Waals surface area contributed by atoms with Crippen LogP contribution in [0.1, 0.15) is 59.3 Å². The molecule has 0 radical (unpaired) electrons. The van der Waals surface area contributed by atoms with E-state index in [1.165, 1.54) is 38.5 Å². The molecule has 0 aliphatic heterocycles. The zero-order valence-electron chi connectivity index (χ0n) is 15.3. The van der Waals surface area contributed by atoms with Gasteiger partial charge in [0.25, 0.3) is 0 Å². The zero-order chi connectivity index (χ0) is 17.5. The van der Waals surface area contributed by atoms with E-state index in [-0.39, 0.29) is 30.3 Å². The van der Waals surface area contributed by atoms with Crippen LogP contribution in [0.3, 0.4) is 0 Å². The van der Waals surface area contributed by atoms with Crippen molar-refractivity contribution in [2.45, 2.75) is 71.4 Å². The Labute approximate surface area is 145 Å². The molecule has 0 aromatic rings. The zero-order valence-corrected chi connectivity index (χ0v) is 15.3. The number of amides is 2. The molecule has 4 aliphatic carbocycles. The molecule has 0 heterocycles. The fraction of sp³-hybridized carbons (Fsp3) is 0.895. The van der Waals surface area contributed by atoms with E-state index in [9.17, 15) is 9.59 Å². The van der Waals surface area contributed by atoms with Gasteiger partial charge in [0.1, 0.15) is 0 Å². The molecule has 4 fully saturated rings. The highest BCUT2D eigenvalue weighted by Crippen LogP contribution is 2.61. The lowest BCUT2D eigenvalue weighted by Gasteiger charge is -2.59. The van der Waals surface area contributed by atoms with Crippen molar-refractivity contribution in [3.05, 3.63) is 0 Å². The summed E-state index contributed by atoms with van der Waals surface area (Å²) in [6.45, 7) is 5.99. The van der Waals surface area contributed by atoms with E-state index in [2.05, 4.69) is 17.6 Å². The topological polar surface area (TPSA) is 84.2 Å². The van der Waals surface area contributed by atoms with Gasteiger partial charge in [-0.25, -0.2) is 0 Å². The molecule has 0 aromatic heterocycles. The van der Waals surface area contributed by atoms with E-state index in [0.717, 1.165) is 17.8 Å². The molecule has 136 valence electrons. The molecule has 0 aromatic carbocycles. The van der Waals surface area contributed by atoms with Crippen molar-refractivity contribution in [2.24, 2.45) is 34.8 Å². The lowest BCUT2D eigenvalue weighted by atomic mass is 9.48. The molecule has 2 atom stereocenters. The minimum atomic E-state index is -0.557. The van der Waals surface area contributed by atoms with E-state index >= 15 is 0 Å². The normalized spacial score (nSPS) is 36.5. The van der Waals surface area contributed by atoms with Gasteiger partial charge in [0.2, 0.25) is 11.8 Å². The molecule has 4 N–H and O–H groups in total. The Hall–Kier alpha value is -1.10. The van der Waals surface area contributed by atoms with Crippen LogP contribution in [-0.2, 0) is 9.59 Å². The lowest BCUT2D eigenvalue weighted by molar-refractivity contribution is -0.129. The van der Waals surface area contributed by atoms with Crippen molar-refractivity contribution >= 4 is 11.8 Å². The molecule has 5 heteroatoms. The number of carbonyl (C=O) groups is 2. The Bertz CT molecular complexity index is 468. The molecule has 24 heavy (non-hydrogen) atoms. The summed E-state index contributed by atoms with van der Waals surface area (Å²) in [4.78, 5) is 24.2. The van der Waals surface area contributed by atoms with E-state index in [4.69, 9.17) is 5.73 Å². The Morgan fingerprint density at radius 1 is 1.04 bits per heavy atom. The van der Waals surface area contributed by atoms with Gasteiger partial charge in [-0.1, -0.05) is 13.8 Å². The van der Waals surface area contributed by atoms with Gasteiger partial charge in [0.15, 0.2) is 0 Å². The second-order valence-electron chi connectivity index (χ2n) is 9.06. The van der Waals surface area contributed by atoms with Gasteiger partial charge < -0.3 is 16.4 Å². The van der Waals surface area contributed by atoms with Gasteiger partial charge in [0.05, 0.1) is 12.6 Å². The molecule has 0 spiro atoms. The first-order chi connectivity index (χ1) is 11.3. The second-order valence-corrected chi connectivity index (χ2v) is 9.06. The molecule has 4 rings (SSSR count). The van der Waals surface area contributed by atoms with Crippen molar-refractivity contribution < 1.29 is 9.59 Å². The Morgan fingerprint density at radius 2 is 1.54 bits per heavy atom. The van der Waals surface area contributed by atoms with Crippen LogP contribution in [0.25, 0.3) is 0 Å². The summed E-state index contributed by atoms with van der Waals surface area (Å²) >= 11 is 0. The molecule has 4 saturated carbocycles. The fourth-order valence-corrected chi connectivity index (χ4v) is 5.74. The summed E-state index contributed by atoms with van der Waals surface area (Å²) in [7, 11) is 0. The first kappa shape index (κ1) is 17.7. The molecule has 2 amide bonds. The first-order valence-corrected chi connectivity index (χ1v) is 9.61. The summed E-state index contributed by atoms with van der Waals surface area (Å²) in [5.74, 6) is 2.35. The van der Waals surface area contributed by atoms with E-state index in [0.29, 0.717) is 5.41 Å². The number of hydrogen-bond acceptors (Lipinski definition) is 3. The maximum atomic E-state index is 12.3. The SMILES string of the molecule is CC(C)[C@H](N)C(=O)NCC(=O)NC(C)C12CC3CC(CC(C3)C1)C2. The van der Waals surface area contributed by atoms with Crippen molar-refractivity contribution in [3.8, 4) is 0 Å². The van der Waals surface area contributed by atoms with E-state index < -0.39 is 6.04 Å². The largest absolute Gasteiger partial charge is 0.352 e. The number of rotatable bonds is 6. The van der Waals surface area contributed by atoms with Crippen molar-refractivity contribution in [1.82, 2.24) is 10.6 Å². The first-order valence-electron chi connectivity index (χ1n) is 9.61. The summed E-state index contributed by atoms with van der Waals surface area (Å²) in [6.07, 6.45) is 8.02. The molecule has 4 bridgehead atoms. The minimum Gasteiger partial charge on any atom is -0.352 e. The number of hydrogen-bond donors (Lipinski definition) is 3. The summed E-state index contributed by atoms with van der Waals surface area (Å²) in [5, 5.41) is 5.83. The van der Waals surface area contributed by atoms with E-state index in [1.807, 2.05) is 13.8 Å². The maximum Gasteiger partial charge on any atom is 0.239 e. The molecular formula is C19H33N3O2. The van der Waals surface area contributed by atoms with Gasteiger partial charge in [-0.15, -0.1) is 0 Å². The highest BCUT2D eigenvalue weighted by atomic mass is 16.2. The van der Waals surface area contributed by atoms with E-state index in [1.54, 1.807) is 0 Å². The van der Waals surface area contributed by atoms with Gasteiger partial charge in [-0.05, 0) is 74.5 Å². The van der Waals surface area contributed by atoms with Gasteiger partial charge in [-0.2, -0.15) is 0 Å². The minimum absolute atomic E-state index is 0.0238. The van der Waals surface area contributed by atoms with Gasteiger partial charge in [-0.3, -0.25) is 9.59 Å². The Balaban J connectivity index is 1.51. The third-order valence-corrected chi connectivity index (χ3v) is 6.83. The predicted octanol–water partition coefficient (Wildman–Crippen LogP) is 1.81. The average molecular weight is 335 g/mol. The Kier molecular flexibility index (Phi) is 4.92. The van der Waals surface area contributed by atoms with Crippen LogP contribution < -0.4 is 16.4 Å². The van der Waals surface area contributed by atoms with Crippen molar-refractivity contribution in [1.29, 1.82) is 0 Å². The van der Waals surface area contributed by atoms with Crippen molar-refractivity contribution in [3.63, 3.8) is 0 Å². The third-order valence-electron chi connectivity index (χ3n) is 6.83. The Morgan fingerprint density at radius 3 is 2.00 bits per heavy atom.